The number of nitrogens with two attached hydrogens (primary N) is 1. The Morgan fingerprint density at radius 2 is 2.10 bits per heavy atom. The number of carboxylic acid groups (broad SMARTS) is 1. The van der Waals surface area contributed by atoms with E-state index in [2.05, 4.69) is 0 Å². The molecule has 0 heterocycles. The molecular formula is C14H20N2O4S. The van der Waals surface area contributed by atoms with Gasteiger partial charge >= 0.3 is 5.97 Å². The second-order valence-electron chi connectivity index (χ2n) is 5.31. The molecule has 1 aromatic rings. The monoisotopic (exact) mass is 312 g/mol. The van der Waals surface area contributed by atoms with E-state index >= 15 is 0 Å². The van der Waals surface area contributed by atoms with Crippen molar-refractivity contribution < 1.29 is 18.3 Å². The SMILES string of the molecule is CCN(CC1CCC1)S(=O)(=O)c1ccc(C(=O)O)cc1N. The maximum atomic E-state index is 12.6. The van der Waals surface area contributed by atoms with E-state index in [4.69, 9.17) is 10.8 Å². The van der Waals surface area contributed by atoms with Crippen molar-refractivity contribution in [1.82, 2.24) is 4.31 Å². The predicted molar refractivity (Wildman–Crippen MR) is 79.6 cm³/mol. The van der Waals surface area contributed by atoms with Crippen LogP contribution in [0.3, 0.4) is 0 Å². The van der Waals surface area contributed by atoms with Gasteiger partial charge in [0.1, 0.15) is 4.90 Å². The van der Waals surface area contributed by atoms with Crippen LogP contribution in [-0.4, -0.2) is 36.9 Å². The van der Waals surface area contributed by atoms with Crippen LogP contribution in [0, 0.1) is 5.92 Å². The summed E-state index contributed by atoms with van der Waals surface area (Å²) in [5.74, 6) is -0.716. The van der Waals surface area contributed by atoms with Gasteiger partial charge in [0.25, 0.3) is 0 Å². The van der Waals surface area contributed by atoms with Crippen LogP contribution in [0.5, 0.6) is 0 Å². The molecule has 0 radical (unpaired) electrons. The molecule has 21 heavy (non-hydrogen) atoms. The first-order valence-electron chi connectivity index (χ1n) is 6.99. The van der Waals surface area contributed by atoms with Crippen molar-refractivity contribution in [3.8, 4) is 0 Å². The molecule has 0 aromatic heterocycles. The smallest absolute Gasteiger partial charge is 0.335 e. The number of hydrogen-bond donors (Lipinski definition) is 2. The third kappa shape index (κ3) is 3.19. The van der Waals surface area contributed by atoms with Gasteiger partial charge in [0, 0.05) is 13.1 Å². The molecule has 1 fully saturated rings. The number of benzene rings is 1. The fraction of sp³-hybridized carbons (Fsp3) is 0.500. The molecule has 0 spiro atoms. The Bertz CT molecular complexity index is 638. The molecule has 3 N–H and O–H groups in total. The summed E-state index contributed by atoms with van der Waals surface area (Å²) < 4.78 is 26.7. The number of nitrogens with zero attached hydrogens (tertiary/aromatic N) is 1. The molecule has 116 valence electrons. The third-order valence-corrected chi connectivity index (χ3v) is 5.93. The summed E-state index contributed by atoms with van der Waals surface area (Å²) in [5.41, 5.74) is 5.70. The number of rotatable bonds is 6. The molecule has 1 aromatic carbocycles. The normalized spacial score (nSPS) is 15.9. The quantitative estimate of drug-likeness (QED) is 0.780. The minimum atomic E-state index is -3.68. The van der Waals surface area contributed by atoms with Gasteiger partial charge in [-0.3, -0.25) is 0 Å². The third-order valence-electron chi connectivity index (χ3n) is 3.91. The highest BCUT2D eigenvalue weighted by Gasteiger charge is 2.30. The summed E-state index contributed by atoms with van der Waals surface area (Å²) in [6.45, 7) is 2.66. The molecule has 2 rings (SSSR count). The van der Waals surface area contributed by atoms with Crippen LogP contribution in [-0.2, 0) is 10.0 Å². The molecule has 6 nitrogen and oxygen atoms in total. The van der Waals surface area contributed by atoms with Gasteiger partial charge in [0.05, 0.1) is 11.3 Å². The summed E-state index contributed by atoms with van der Waals surface area (Å²) >= 11 is 0. The van der Waals surface area contributed by atoms with Crippen molar-refractivity contribution in [3.05, 3.63) is 23.8 Å². The number of aromatic carboxylic acids is 1. The van der Waals surface area contributed by atoms with E-state index in [-0.39, 0.29) is 16.1 Å². The van der Waals surface area contributed by atoms with E-state index in [9.17, 15) is 13.2 Å². The lowest BCUT2D eigenvalue weighted by Crippen LogP contribution is -2.37. The Kier molecular flexibility index (Phi) is 4.53. The van der Waals surface area contributed by atoms with Crippen molar-refractivity contribution in [3.63, 3.8) is 0 Å². The van der Waals surface area contributed by atoms with E-state index < -0.39 is 16.0 Å². The summed E-state index contributed by atoms with van der Waals surface area (Å²) in [4.78, 5) is 10.9. The first kappa shape index (κ1) is 15.8. The van der Waals surface area contributed by atoms with Gasteiger partial charge in [0.15, 0.2) is 0 Å². The van der Waals surface area contributed by atoms with Crippen molar-refractivity contribution in [2.45, 2.75) is 31.1 Å². The zero-order valence-electron chi connectivity index (χ0n) is 11.9. The first-order chi connectivity index (χ1) is 9.86. The van der Waals surface area contributed by atoms with Gasteiger partial charge in [-0.1, -0.05) is 13.3 Å². The Labute approximate surface area is 124 Å². The lowest BCUT2D eigenvalue weighted by Gasteiger charge is -2.31. The average molecular weight is 312 g/mol. The second-order valence-corrected chi connectivity index (χ2v) is 7.22. The summed E-state index contributed by atoms with van der Waals surface area (Å²) in [5, 5.41) is 8.90. The Morgan fingerprint density at radius 1 is 1.43 bits per heavy atom. The highest BCUT2D eigenvalue weighted by atomic mass is 32.2. The molecule has 1 saturated carbocycles. The van der Waals surface area contributed by atoms with Crippen LogP contribution in [0.1, 0.15) is 36.5 Å². The summed E-state index contributed by atoms with van der Waals surface area (Å²) in [7, 11) is -3.68. The van der Waals surface area contributed by atoms with Crippen molar-refractivity contribution in [2.24, 2.45) is 5.92 Å². The lowest BCUT2D eigenvalue weighted by atomic mass is 9.85. The van der Waals surface area contributed by atoms with E-state index in [1.165, 1.54) is 22.5 Å². The molecule has 7 heteroatoms. The maximum absolute atomic E-state index is 12.6. The fourth-order valence-corrected chi connectivity index (χ4v) is 4.04. The summed E-state index contributed by atoms with van der Waals surface area (Å²) in [6.07, 6.45) is 3.26. The number of carboxylic acids is 1. The molecule has 0 amide bonds. The number of hydrogen-bond acceptors (Lipinski definition) is 4. The molecule has 0 unspecified atom stereocenters. The molecule has 0 atom stereocenters. The number of sulfonamides is 1. The van der Waals surface area contributed by atoms with Crippen LogP contribution < -0.4 is 5.73 Å². The fourth-order valence-electron chi connectivity index (χ4n) is 2.42. The van der Waals surface area contributed by atoms with Gasteiger partial charge < -0.3 is 10.8 Å². The molecule has 1 aliphatic carbocycles. The van der Waals surface area contributed by atoms with E-state index in [0.717, 1.165) is 19.3 Å². The van der Waals surface area contributed by atoms with Crippen molar-refractivity contribution >= 4 is 21.7 Å². The maximum Gasteiger partial charge on any atom is 0.335 e. The van der Waals surface area contributed by atoms with E-state index in [1.54, 1.807) is 6.92 Å². The highest BCUT2D eigenvalue weighted by Crippen LogP contribution is 2.30. The van der Waals surface area contributed by atoms with Crippen LogP contribution >= 0.6 is 0 Å². The topological polar surface area (TPSA) is 101 Å². The zero-order valence-corrected chi connectivity index (χ0v) is 12.8. The van der Waals surface area contributed by atoms with Crippen LogP contribution in [0.4, 0.5) is 5.69 Å². The largest absolute Gasteiger partial charge is 0.478 e. The standard InChI is InChI=1S/C14H20N2O4S/c1-2-16(9-10-4-3-5-10)21(19,20)13-7-6-11(14(17)18)8-12(13)15/h6-8,10H,2-5,9,15H2,1H3,(H,17,18). The van der Waals surface area contributed by atoms with Crippen molar-refractivity contribution in [2.75, 3.05) is 18.8 Å². The van der Waals surface area contributed by atoms with Crippen LogP contribution in [0.25, 0.3) is 0 Å². The van der Waals surface area contributed by atoms with Gasteiger partial charge in [-0.15, -0.1) is 0 Å². The molecular weight excluding hydrogens is 292 g/mol. The lowest BCUT2D eigenvalue weighted by molar-refractivity contribution is 0.0697. The minimum absolute atomic E-state index is 0.0197. The molecule has 0 bridgehead atoms. The van der Waals surface area contributed by atoms with Gasteiger partial charge in [-0.05, 0) is 37.0 Å². The molecule has 1 aliphatic rings. The van der Waals surface area contributed by atoms with Gasteiger partial charge in [-0.25, -0.2) is 13.2 Å². The zero-order chi connectivity index (χ0) is 15.6. The summed E-state index contributed by atoms with van der Waals surface area (Å²) in [6, 6.07) is 3.73. The molecule has 0 saturated heterocycles. The Balaban J connectivity index is 2.30. The van der Waals surface area contributed by atoms with Crippen LogP contribution in [0.2, 0.25) is 0 Å². The predicted octanol–water partition coefficient (Wildman–Crippen LogP) is 1.78. The van der Waals surface area contributed by atoms with Crippen molar-refractivity contribution in [1.29, 1.82) is 0 Å². The van der Waals surface area contributed by atoms with E-state index in [1.807, 2.05) is 0 Å². The van der Waals surface area contributed by atoms with Gasteiger partial charge in [0.2, 0.25) is 10.0 Å². The van der Waals surface area contributed by atoms with Crippen LogP contribution in [0.15, 0.2) is 23.1 Å². The molecule has 0 aliphatic heterocycles. The Morgan fingerprint density at radius 3 is 2.52 bits per heavy atom. The van der Waals surface area contributed by atoms with Gasteiger partial charge in [-0.2, -0.15) is 4.31 Å². The highest BCUT2D eigenvalue weighted by molar-refractivity contribution is 7.89. The minimum Gasteiger partial charge on any atom is -0.478 e. The van der Waals surface area contributed by atoms with E-state index in [0.29, 0.717) is 19.0 Å². The number of anilines is 1. The number of carbonyl (C=O) groups is 1. The second kappa shape index (κ2) is 6.03. The Hall–Kier alpha value is -1.60. The first-order valence-corrected chi connectivity index (χ1v) is 8.43. The number of nitrogen functional groups attached to an aromatic ring is 1. The average Bonchev–Trinajstić information content (AvgIpc) is 2.36.